The first-order valence-corrected chi connectivity index (χ1v) is 8.86. The number of aromatic nitrogens is 2. The summed E-state index contributed by atoms with van der Waals surface area (Å²) in [6, 6.07) is -1.29. The molecule has 0 saturated carbocycles. The van der Waals surface area contributed by atoms with Gasteiger partial charge in [-0.25, -0.2) is 4.79 Å². The summed E-state index contributed by atoms with van der Waals surface area (Å²) in [5, 5.41) is 18.8. The molecule has 0 bridgehead atoms. The Balaban J connectivity index is 2.20. The highest BCUT2D eigenvalue weighted by atomic mass is 32.1. The number of rotatable bonds is 5. The molecular weight excluding hydrogens is 352 g/mol. The average molecular weight is 368 g/mol. The molecule has 9 heteroatoms. The van der Waals surface area contributed by atoms with Gasteiger partial charge in [0, 0.05) is 11.3 Å². The van der Waals surface area contributed by atoms with Gasteiger partial charge in [-0.1, -0.05) is 0 Å². The van der Waals surface area contributed by atoms with E-state index in [1.165, 1.54) is 11.3 Å². The molecule has 0 spiro atoms. The first-order valence-electron chi connectivity index (χ1n) is 7.63. The lowest BCUT2D eigenvalue weighted by Crippen LogP contribution is -2.32. The number of aryl methyl sites for hydroxylation is 2. The van der Waals surface area contributed by atoms with Crippen LogP contribution < -0.4 is 5.56 Å². The standard InChI is InChI=1S/C15H16N2O5S2/c18-10(19)6-5-8(14(21)22)17-13(20)11-7-3-1-2-4-9(7)24-12(11)16-15(17)23/h8H,1-6H2,(H,16,23)(H,18,19)(H,21,22)/t8-/m0/s1. The van der Waals surface area contributed by atoms with E-state index in [0.717, 1.165) is 40.7 Å². The fourth-order valence-corrected chi connectivity index (χ4v) is 4.81. The number of carboxylic acid groups (broad SMARTS) is 2. The van der Waals surface area contributed by atoms with Gasteiger partial charge in [-0.3, -0.25) is 14.2 Å². The lowest BCUT2D eigenvalue weighted by atomic mass is 9.97. The number of hydrogen-bond donors (Lipinski definition) is 3. The monoisotopic (exact) mass is 368 g/mol. The zero-order valence-electron chi connectivity index (χ0n) is 12.7. The van der Waals surface area contributed by atoms with Gasteiger partial charge < -0.3 is 15.2 Å². The summed E-state index contributed by atoms with van der Waals surface area (Å²) in [5.41, 5.74) is 0.541. The Bertz CT molecular complexity index is 940. The van der Waals surface area contributed by atoms with Crippen molar-refractivity contribution in [1.82, 2.24) is 9.55 Å². The van der Waals surface area contributed by atoms with Crippen molar-refractivity contribution >= 4 is 45.7 Å². The number of hydrogen-bond acceptors (Lipinski definition) is 5. The minimum atomic E-state index is -1.29. The van der Waals surface area contributed by atoms with E-state index in [-0.39, 0.29) is 17.6 Å². The Morgan fingerprint density at radius 3 is 2.67 bits per heavy atom. The van der Waals surface area contributed by atoms with Gasteiger partial charge in [0.25, 0.3) is 5.56 Å². The molecule has 1 aliphatic carbocycles. The number of carboxylic acids is 2. The normalized spacial score (nSPS) is 15.2. The second-order valence-electron chi connectivity index (χ2n) is 5.81. The lowest BCUT2D eigenvalue weighted by molar-refractivity contribution is -0.142. The van der Waals surface area contributed by atoms with Crippen LogP contribution in [-0.4, -0.2) is 31.7 Å². The average Bonchev–Trinajstić information content (AvgIpc) is 2.87. The Labute approximate surface area is 145 Å². The van der Waals surface area contributed by atoms with E-state index in [1.807, 2.05) is 0 Å². The van der Waals surface area contributed by atoms with Gasteiger partial charge in [0.2, 0.25) is 0 Å². The van der Waals surface area contributed by atoms with Crippen LogP contribution in [-0.2, 0) is 22.4 Å². The van der Waals surface area contributed by atoms with E-state index < -0.39 is 23.5 Å². The first-order chi connectivity index (χ1) is 11.4. The summed E-state index contributed by atoms with van der Waals surface area (Å²) in [6.45, 7) is 0. The molecule has 0 unspecified atom stereocenters. The van der Waals surface area contributed by atoms with Crippen LogP contribution in [0.5, 0.6) is 0 Å². The SMILES string of the molecule is O=C(O)CC[C@@H](C(=O)O)n1c(=S)[nH]c2sc3c(c2c1=O)CCCC3. The van der Waals surface area contributed by atoms with Gasteiger partial charge in [-0.2, -0.15) is 0 Å². The maximum atomic E-state index is 12.9. The number of thiophene rings is 1. The third-order valence-electron chi connectivity index (χ3n) is 4.27. The predicted octanol–water partition coefficient (Wildman–Crippen LogP) is 2.49. The van der Waals surface area contributed by atoms with Crippen molar-refractivity contribution in [2.45, 2.75) is 44.6 Å². The topological polar surface area (TPSA) is 112 Å². The summed E-state index contributed by atoms with van der Waals surface area (Å²) >= 11 is 6.68. The van der Waals surface area contributed by atoms with Crippen LogP contribution in [0.1, 0.15) is 42.2 Å². The summed E-state index contributed by atoms with van der Waals surface area (Å²) < 4.78 is 1.04. The second kappa shape index (κ2) is 6.48. The first kappa shape index (κ1) is 16.8. The Morgan fingerprint density at radius 2 is 2.00 bits per heavy atom. The van der Waals surface area contributed by atoms with Crippen molar-refractivity contribution in [3.05, 3.63) is 25.6 Å². The maximum absolute atomic E-state index is 12.9. The van der Waals surface area contributed by atoms with Crippen LogP contribution in [0.15, 0.2) is 4.79 Å². The van der Waals surface area contributed by atoms with Gasteiger partial charge in [0.15, 0.2) is 4.77 Å². The molecular formula is C15H16N2O5S2. The number of aliphatic carboxylic acids is 2. The Kier molecular flexibility index (Phi) is 4.55. The van der Waals surface area contributed by atoms with Crippen molar-refractivity contribution in [3.63, 3.8) is 0 Å². The number of H-pyrrole nitrogens is 1. The zero-order chi connectivity index (χ0) is 17.4. The fraction of sp³-hybridized carbons (Fsp3) is 0.467. The zero-order valence-corrected chi connectivity index (χ0v) is 14.3. The molecule has 1 atom stereocenters. The third-order valence-corrected chi connectivity index (χ3v) is 5.78. The molecule has 0 aliphatic heterocycles. The Hall–Kier alpha value is -2.00. The number of carbonyl (C=O) groups is 2. The molecule has 24 heavy (non-hydrogen) atoms. The molecule has 0 amide bonds. The van der Waals surface area contributed by atoms with Crippen molar-refractivity contribution < 1.29 is 19.8 Å². The summed E-state index contributed by atoms with van der Waals surface area (Å²) in [4.78, 5) is 40.1. The van der Waals surface area contributed by atoms with Crippen LogP contribution in [0.25, 0.3) is 10.2 Å². The number of nitrogens with zero attached hydrogens (tertiary/aromatic N) is 1. The maximum Gasteiger partial charge on any atom is 0.326 e. The van der Waals surface area contributed by atoms with E-state index >= 15 is 0 Å². The quantitative estimate of drug-likeness (QED) is 0.699. The molecule has 3 rings (SSSR count). The molecule has 7 nitrogen and oxygen atoms in total. The molecule has 0 saturated heterocycles. The molecule has 1 aliphatic rings. The number of fused-ring (bicyclic) bond motifs is 3. The number of nitrogens with one attached hydrogen (secondary N) is 1. The van der Waals surface area contributed by atoms with Gasteiger partial charge in [0.1, 0.15) is 10.9 Å². The fourth-order valence-electron chi connectivity index (χ4n) is 3.16. The van der Waals surface area contributed by atoms with Crippen molar-refractivity contribution in [3.8, 4) is 0 Å². The van der Waals surface area contributed by atoms with Crippen LogP contribution >= 0.6 is 23.6 Å². The largest absolute Gasteiger partial charge is 0.481 e. The van der Waals surface area contributed by atoms with Crippen LogP contribution in [0.4, 0.5) is 0 Å². The van der Waals surface area contributed by atoms with Gasteiger partial charge in [-0.05, 0) is 49.9 Å². The van der Waals surface area contributed by atoms with Crippen LogP contribution in [0.3, 0.4) is 0 Å². The summed E-state index contributed by atoms with van der Waals surface area (Å²) in [5.74, 6) is -2.38. The molecule has 0 fully saturated rings. The van der Waals surface area contributed by atoms with Crippen molar-refractivity contribution in [2.24, 2.45) is 0 Å². The summed E-state index contributed by atoms with van der Waals surface area (Å²) in [7, 11) is 0. The second-order valence-corrected chi connectivity index (χ2v) is 7.30. The summed E-state index contributed by atoms with van der Waals surface area (Å²) in [6.07, 6.45) is 3.23. The molecule has 2 aromatic rings. The van der Waals surface area contributed by atoms with E-state index in [9.17, 15) is 19.5 Å². The molecule has 3 N–H and O–H groups in total. The molecule has 0 radical (unpaired) electrons. The van der Waals surface area contributed by atoms with E-state index in [2.05, 4.69) is 4.98 Å². The molecule has 0 aromatic carbocycles. The van der Waals surface area contributed by atoms with E-state index in [4.69, 9.17) is 17.3 Å². The predicted molar refractivity (Wildman–Crippen MR) is 91.5 cm³/mol. The highest BCUT2D eigenvalue weighted by Gasteiger charge is 2.26. The lowest BCUT2D eigenvalue weighted by Gasteiger charge is -2.15. The highest BCUT2D eigenvalue weighted by molar-refractivity contribution is 7.71. The minimum absolute atomic E-state index is 0.0175. The number of aromatic amines is 1. The van der Waals surface area contributed by atoms with Crippen LogP contribution in [0.2, 0.25) is 0 Å². The van der Waals surface area contributed by atoms with E-state index in [0.29, 0.717) is 10.2 Å². The molecule has 2 aromatic heterocycles. The van der Waals surface area contributed by atoms with E-state index in [1.54, 1.807) is 0 Å². The van der Waals surface area contributed by atoms with Gasteiger partial charge >= 0.3 is 11.9 Å². The van der Waals surface area contributed by atoms with Crippen molar-refractivity contribution in [2.75, 3.05) is 0 Å². The van der Waals surface area contributed by atoms with Crippen LogP contribution in [0, 0.1) is 4.77 Å². The Morgan fingerprint density at radius 1 is 1.29 bits per heavy atom. The molecule has 128 valence electrons. The molecule has 2 heterocycles. The highest BCUT2D eigenvalue weighted by Crippen LogP contribution is 2.33. The van der Waals surface area contributed by atoms with Gasteiger partial charge in [-0.15, -0.1) is 11.3 Å². The van der Waals surface area contributed by atoms with Crippen molar-refractivity contribution in [1.29, 1.82) is 0 Å². The minimum Gasteiger partial charge on any atom is -0.481 e. The van der Waals surface area contributed by atoms with Gasteiger partial charge in [0.05, 0.1) is 5.39 Å². The smallest absolute Gasteiger partial charge is 0.326 e. The third kappa shape index (κ3) is 2.89.